The second-order valence-electron chi connectivity index (χ2n) is 11.3. The predicted molar refractivity (Wildman–Crippen MR) is 141 cm³/mol. The van der Waals surface area contributed by atoms with E-state index in [-0.39, 0.29) is 63.8 Å². The normalized spacial score (nSPS) is 17.6. The minimum absolute atomic E-state index is 0. The summed E-state index contributed by atoms with van der Waals surface area (Å²) in [6.45, 7) is 18.1. The van der Waals surface area contributed by atoms with E-state index >= 15 is 0 Å². The molecule has 0 saturated heterocycles. The van der Waals surface area contributed by atoms with Crippen molar-refractivity contribution in [2.45, 2.75) is 132 Å². The van der Waals surface area contributed by atoms with Crippen LogP contribution >= 0.6 is 0 Å². The standard InChI is InChI=1S/C13H25NO.C13H21.C2H7Si.2ClH.Ti/c14-13(15)12-10-8-6-4-2-1-3-5-7-9-11-12;1-12(2,3)10-8-7-9-11(10)13(4,5)6;1-3-2;;;/h12H,1-11H2,(H2,14,15);8H,9H2,1-6H3;3H,1-2H3;2*1H;/q;-1;;;;+4/p-3. The second kappa shape index (κ2) is 22.6. The molecule has 2 rings (SSSR count). The molecule has 0 aromatic rings. The molecule has 0 aromatic heterocycles. The summed E-state index contributed by atoms with van der Waals surface area (Å²) in [6.07, 6.45) is 20.0. The Morgan fingerprint density at radius 3 is 1.44 bits per heavy atom. The van der Waals surface area contributed by atoms with Gasteiger partial charge in [0.2, 0.25) is 0 Å². The predicted octanol–water partition coefficient (Wildman–Crippen LogP) is 3.15. The van der Waals surface area contributed by atoms with Gasteiger partial charge in [0.1, 0.15) is 0 Å². The Balaban J connectivity index is -0.000000221. The van der Waals surface area contributed by atoms with Gasteiger partial charge in [-0.05, 0) is 18.3 Å². The molecule has 1 saturated carbocycles. The van der Waals surface area contributed by atoms with E-state index in [1.807, 2.05) is 0 Å². The molecule has 1 radical (unpaired) electrons. The number of carbonyl (C=O) groups excluding carboxylic acids is 1. The molecule has 0 heterocycles. The van der Waals surface area contributed by atoms with Crippen molar-refractivity contribution in [3.8, 4) is 0 Å². The van der Waals surface area contributed by atoms with Gasteiger partial charge in [0.15, 0.2) is 0 Å². The van der Waals surface area contributed by atoms with E-state index in [0.29, 0.717) is 5.41 Å². The summed E-state index contributed by atoms with van der Waals surface area (Å²) in [5.74, 6) is -0.281. The Kier molecular flexibility index (Phi) is 27.7. The summed E-state index contributed by atoms with van der Waals surface area (Å²) in [5.41, 5.74) is 10.8. The minimum Gasteiger partial charge on any atom is -1.00 e. The first-order valence-corrected chi connectivity index (χ1v) is 15.1. The third-order valence-electron chi connectivity index (χ3n) is 6.04. The summed E-state index contributed by atoms with van der Waals surface area (Å²) in [5, 5.41) is 0. The van der Waals surface area contributed by atoms with Crippen molar-refractivity contribution in [3.05, 3.63) is 29.0 Å². The SMILES string of the molecule is CC(C)(C)C1=C(C(C)(C)C)C[C-]=C1.C[SiH]C.[Cl-].[Cl-].[NH-]C(=O)C1CCCCCCCCCCC1.[Ti+4]. The van der Waals surface area contributed by atoms with Crippen molar-refractivity contribution >= 4 is 15.4 Å². The summed E-state index contributed by atoms with van der Waals surface area (Å²) in [7, 11) is 0.750. The third kappa shape index (κ3) is 19.6. The van der Waals surface area contributed by atoms with Crippen molar-refractivity contribution in [1.29, 1.82) is 0 Å². The average Bonchev–Trinajstić information content (AvgIpc) is 3.14. The van der Waals surface area contributed by atoms with Gasteiger partial charge in [0.05, 0.1) is 5.91 Å². The largest absolute Gasteiger partial charge is 4.00 e. The Hall–Kier alpha value is 0.461. The number of nitrogens with one attached hydrogen (secondary N) is 1. The topological polar surface area (TPSA) is 40.9 Å². The number of allylic oxidation sites excluding steroid dienone is 4. The van der Waals surface area contributed by atoms with Gasteiger partial charge in [-0.3, -0.25) is 6.08 Å². The molecule has 1 fully saturated rings. The second-order valence-corrected chi connectivity index (χ2v) is 12.5. The van der Waals surface area contributed by atoms with E-state index in [0.717, 1.165) is 41.6 Å². The molecule has 1 amide bonds. The molecule has 0 spiro atoms. The van der Waals surface area contributed by atoms with E-state index in [2.05, 4.69) is 66.8 Å². The fraction of sp³-hybridized carbons (Fsp3) is 0.821. The Morgan fingerprint density at radius 1 is 0.824 bits per heavy atom. The average molecular weight is 566 g/mol. The molecule has 0 atom stereocenters. The van der Waals surface area contributed by atoms with Crippen LogP contribution in [0, 0.1) is 22.8 Å². The molecule has 0 aliphatic heterocycles. The van der Waals surface area contributed by atoms with Crippen molar-refractivity contribution in [2.24, 2.45) is 16.7 Å². The van der Waals surface area contributed by atoms with E-state index in [4.69, 9.17) is 5.73 Å². The van der Waals surface area contributed by atoms with E-state index in [9.17, 15) is 4.79 Å². The molecule has 2 nitrogen and oxygen atoms in total. The van der Waals surface area contributed by atoms with E-state index in [1.165, 1.54) is 50.5 Å². The van der Waals surface area contributed by atoms with Crippen molar-refractivity contribution in [2.75, 3.05) is 0 Å². The molecule has 197 valence electrons. The third-order valence-corrected chi connectivity index (χ3v) is 6.04. The zero-order valence-corrected chi connectivity index (χ0v) is 27.6. The fourth-order valence-corrected chi connectivity index (χ4v) is 4.20. The van der Waals surface area contributed by atoms with Gasteiger partial charge >= 0.3 is 21.7 Å². The van der Waals surface area contributed by atoms with Gasteiger partial charge in [-0.15, -0.1) is 6.42 Å². The van der Waals surface area contributed by atoms with Crippen LogP contribution in [0.3, 0.4) is 0 Å². The van der Waals surface area contributed by atoms with Crippen molar-refractivity contribution < 1.29 is 51.3 Å². The minimum atomic E-state index is -0.327. The van der Waals surface area contributed by atoms with Gasteiger partial charge in [-0.25, -0.2) is 6.08 Å². The van der Waals surface area contributed by atoms with Gasteiger partial charge < -0.3 is 35.3 Å². The Bertz CT molecular complexity index is 554. The fourth-order valence-electron chi connectivity index (χ4n) is 4.20. The monoisotopic (exact) mass is 564 g/mol. The molecular weight excluding hydrogens is 513 g/mol. The van der Waals surface area contributed by atoms with Crippen LogP contribution in [0.15, 0.2) is 17.2 Å². The quantitative estimate of drug-likeness (QED) is 0.356. The first kappa shape index (κ1) is 41.6. The van der Waals surface area contributed by atoms with Crippen molar-refractivity contribution in [1.82, 2.24) is 0 Å². The number of amides is 1. The number of rotatable bonds is 1. The van der Waals surface area contributed by atoms with Crippen LogP contribution in [0.4, 0.5) is 0 Å². The van der Waals surface area contributed by atoms with Gasteiger partial charge in [-0.2, -0.15) is 11.1 Å². The van der Waals surface area contributed by atoms with Crippen LogP contribution in [0.2, 0.25) is 13.1 Å². The van der Waals surface area contributed by atoms with Gasteiger partial charge in [-0.1, -0.05) is 118 Å². The van der Waals surface area contributed by atoms with E-state index < -0.39 is 0 Å². The summed E-state index contributed by atoms with van der Waals surface area (Å²) in [4.78, 5) is 11.1. The number of hydrogen-bond acceptors (Lipinski definition) is 1. The number of carbonyl (C=O) groups is 1. The molecule has 0 aromatic carbocycles. The van der Waals surface area contributed by atoms with E-state index in [1.54, 1.807) is 5.57 Å². The van der Waals surface area contributed by atoms with Crippen LogP contribution in [0.25, 0.3) is 5.73 Å². The van der Waals surface area contributed by atoms with Crippen LogP contribution in [-0.2, 0) is 26.5 Å². The molecule has 6 heteroatoms. The first-order valence-electron chi connectivity index (χ1n) is 12.7. The molecule has 0 bridgehead atoms. The van der Waals surface area contributed by atoms with Gasteiger partial charge in [0.25, 0.3) is 0 Å². The maximum Gasteiger partial charge on any atom is 4.00 e. The number of hydrogen-bond donors (Lipinski definition) is 0. The van der Waals surface area contributed by atoms with Crippen LogP contribution in [0.1, 0.15) is 119 Å². The van der Waals surface area contributed by atoms with Gasteiger partial charge in [0, 0.05) is 15.4 Å². The molecule has 34 heavy (non-hydrogen) atoms. The molecule has 2 aliphatic rings. The zero-order chi connectivity index (χ0) is 23.9. The van der Waals surface area contributed by atoms with Crippen LogP contribution in [-0.4, -0.2) is 15.4 Å². The molecular formula is C28H52Cl2NOSiTi. The molecule has 0 unspecified atom stereocenters. The van der Waals surface area contributed by atoms with Crippen molar-refractivity contribution in [3.63, 3.8) is 0 Å². The van der Waals surface area contributed by atoms with Crippen LogP contribution < -0.4 is 24.8 Å². The Labute approximate surface area is 243 Å². The summed E-state index contributed by atoms with van der Waals surface area (Å²) in [6, 6.07) is 0. The summed E-state index contributed by atoms with van der Waals surface area (Å²) < 4.78 is 0. The first-order chi connectivity index (χ1) is 14.4. The molecule has 1 N–H and O–H groups in total. The molecule has 2 aliphatic carbocycles. The smallest absolute Gasteiger partial charge is 1.00 e. The summed E-state index contributed by atoms with van der Waals surface area (Å²) >= 11 is 0. The Morgan fingerprint density at radius 2 is 1.18 bits per heavy atom. The number of halogens is 2. The zero-order valence-electron chi connectivity index (χ0n) is 23.4. The van der Waals surface area contributed by atoms with Crippen LogP contribution in [0.5, 0.6) is 0 Å². The maximum absolute atomic E-state index is 11.1. The maximum atomic E-state index is 11.1.